The van der Waals surface area contributed by atoms with E-state index in [0.29, 0.717) is 12.8 Å². The molecule has 1 aliphatic rings. The van der Waals surface area contributed by atoms with E-state index in [1.54, 1.807) is 14.1 Å². The predicted octanol–water partition coefficient (Wildman–Crippen LogP) is 2.00. The molecular weight excluding hydrogens is 420 g/mol. The van der Waals surface area contributed by atoms with Crippen molar-refractivity contribution in [2.75, 3.05) is 20.6 Å². The van der Waals surface area contributed by atoms with Crippen LogP contribution in [0.3, 0.4) is 0 Å². The molecule has 0 atom stereocenters. The van der Waals surface area contributed by atoms with E-state index in [1.165, 1.54) is 23.1 Å². The monoisotopic (exact) mass is 460 g/mol. The van der Waals surface area contributed by atoms with Crippen LogP contribution < -0.4 is 21.7 Å². The van der Waals surface area contributed by atoms with Crippen LogP contribution in [0.1, 0.15) is 26.0 Å². The summed E-state index contributed by atoms with van der Waals surface area (Å²) in [6.07, 6.45) is 4.51. The van der Waals surface area contributed by atoms with Crippen molar-refractivity contribution in [1.29, 1.82) is 0 Å². The molecule has 1 aromatic heterocycles. The van der Waals surface area contributed by atoms with Crippen LogP contribution in [0.4, 0.5) is 0 Å². The highest BCUT2D eigenvalue weighted by atomic mass is 16.1. The van der Waals surface area contributed by atoms with E-state index in [-0.39, 0.29) is 21.3 Å². The molecule has 3 amide bonds. The summed E-state index contributed by atoms with van der Waals surface area (Å²) in [6, 6.07) is 16.7. The maximum atomic E-state index is 9.06. The Balaban J connectivity index is -0.000000369. The van der Waals surface area contributed by atoms with Crippen molar-refractivity contribution in [3.63, 3.8) is 0 Å². The summed E-state index contributed by atoms with van der Waals surface area (Å²) in [4.78, 5) is 30.9. The summed E-state index contributed by atoms with van der Waals surface area (Å²) < 4.78 is 2.01. The number of hydrogen-bond donors (Lipinski definition) is 4. The Morgan fingerprint density at radius 1 is 0.939 bits per heavy atom. The van der Waals surface area contributed by atoms with Gasteiger partial charge in [0, 0.05) is 27.7 Å². The topological polar surface area (TPSA) is 131 Å². The standard InChI is InChI=1S/C9H11N.C8H8N2.2C2H5NO.CH3NO.2CH4/c1-2-4-9-7-10-6-5-8(9)3-1;1-10-6-9-7-4-2-3-5-8(7)10;2*1-3-2-4;2-1-3;;/h1-4,10H,5-7H2;2-6H,1H3;2*2H,1H3,(H,3,4);1H,(H2,2,3);2*1H4. The van der Waals surface area contributed by atoms with Gasteiger partial charge in [-0.25, -0.2) is 4.98 Å². The largest absolute Gasteiger partial charge is 0.372 e. The zero-order chi connectivity index (χ0) is 23.3. The number of primary amides is 1. The van der Waals surface area contributed by atoms with Gasteiger partial charge in [0.2, 0.25) is 19.2 Å². The van der Waals surface area contributed by atoms with Crippen molar-refractivity contribution < 1.29 is 14.4 Å². The minimum Gasteiger partial charge on any atom is -0.372 e. The third kappa shape index (κ3) is 14.8. The number of nitrogens with two attached hydrogens (primary N) is 1. The zero-order valence-electron chi connectivity index (χ0n) is 18.2. The molecule has 0 saturated carbocycles. The molecule has 0 aliphatic carbocycles. The Labute approximate surface area is 197 Å². The second-order valence-corrected chi connectivity index (χ2v) is 5.99. The Bertz CT molecular complexity index is 850. The van der Waals surface area contributed by atoms with Crippen molar-refractivity contribution in [2.24, 2.45) is 12.8 Å². The van der Waals surface area contributed by atoms with Gasteiger partial charge in [-0.3, -0.25) is 14.4 Å². The van der Waals surface area contributed by atoms with E-state index < -0.39 is 0 Å². The summed E-state index contributed by atoms with van der Waals surface area (Å²) >= 11 is 0. The average molecular weight is 461 g/mol. The highest BCUT2D eigenvalue weighted by Gasteiger charge is 2.05. The number of para-hydroxylation sites is 2. The number of aromatic nitrogens is 2. The molecule has 0 fully saturated rings. The molecule has 0 unspecified atom stereocenters. The molecule has 0 spiro atoms. The Morgan fingerprint density at radius 2 is 1.42 bits per heavy atom. The van der Waals surface area contributed by atoms with Gasteiger partial charge < -0.3 is 26.3 Å². The maximum absolute atomic E-state index is 9.06. The van der Waals surface area contributed by atoms with E-state index in [2.05, 4.69) is 57.0 Å². The van der Waals surface area contributed by atoms with Crippen LogP contribution in [0, 0.1) is 0 Å². The lowest BCUT2D eigenvalue weighted by Gasteiger charge is -2.15. The number of carbonyl (C=O) groups is 3. The number of hydrogen-bond acceptors (Lipinski definition) is 5. The second-order valence-electron chi connectivity index (χ2n) is 5.99. The van der Waals surface area contributed by atoms with Crippen molar-refractivity contribution >= 4 is 30.3 Å². The number of carbonyl (C=O) groups excluding carboxylic acids is 3. The summed E-state index contributed by atoms with van der Waals surface area (Å²) in [5.41, 5.74) is 9.39. The number of fused-ring (bicyclic) bond motifs is 2. The molecule has 2 heterocycles. The molecule has 9 nitrogen and oxygen atoms in total. The predicted molar refractivity (Wildman–Crippen MR) is 137 cm³/mol. The average Bonchev–Trinajstić information content (AvgIpc) is 3.21. The van der Waals surface area contributed by atoms with Crippen molar-refractivity contribution in [1.82, 2.24) is 25.5 Å². The highest BCUT2D eigenvalue weighted by molar-refractivity contribution is 5.74. The Kier molecular flexibility index (Phi) is 23.6. The van der Waals surface area contributed by atoms with Crippen LogP contribution in [0.2, 0.25) is 0 Å². The van der Waals surface area contributed by atoms with Crippen LogP contribution in [-0.4, -0.2) is 49.4 Å². The first-order valence-electron chi connectivity index (χ1n) is 9.60. The number of rotatable bonds is 2. The second kappa shape index (κ2) is 23.0. The first-order valence-corrected chi connectivity index (χ1v) is 9.60. The van der Waals surface area contributed by atoms with Gasteiger partial charge in [-0.15, -0.1) is 0 Å². The van der Waals surface area contributed by atoms with Crippen molar-refractivity contribution in [3.05, 3.63) is 66.0 Å². The number of imidazole rings is 1. The van der Waals surface area contributed by atoms with Crippen molar-refractivity contribution in [3.8, 4) is 0 Å². The summed E-state index contributed by atoms with van der Waals surface area (Å²) in [5.74, 6) is 0. The van der Waals surface area contributed by atoms with Crippen LogP contribution in [0.15, 0.2) is 54.9 Å². The zero-order valence-corrected chi connectivity index (χ0v) is 18.2. The van der Waals surface area contributed by atoms with E-state index in [1.807, 2.05) is 36.1 Å². The third-order valence-corrected chi connectivity index (χ3v) is 3.87. The summed E-state index contributed by atoms with van der Waals surface area (Å²) in [6.45, 7) is 2.19. The van der Waals surface area contributed by atoms with Crippen molar-refractivity contribution in [2.45, 2.75) is 27.8 Å². The van der Waals surface area contributed by atoms with Crippen LogP contribution in [-0.2, 0) is 34.4 Å². The minimum absolute atomic E-state index is 0. The van der Waals surface area contributed by atoms with Gasteiger partial charge >= 0.3 is 0 Å². The molecule has 184 valence electrons. The molecule has 33 heavy (non-hydrogen) atoms. The maximum Gasteiger partial charge on any atom is 0.206 e. The molecule has 0 radical (unpaired) electrons. The molecule has 0 bridgehead atoms. The highest BCUT2D eigenvalue weighted by Crippen LogP contribution is 2.11. The van der Waals surface area contributed by atoms with Gasteiger partial charge in [0.1, 0.15) is 0 Å². The molecule has 1 aliphatic heterocycles. The smallest absolute Gasteiger partial charge is 0.206 e. The van der Waals surface area contributed by atoms with Gasteiger partial charge in [-0.2, -0.15) is 0 Å². The fourth-order valence-electron chi connectivity index (χ4n) is 2.50. The van der Waals surface area contributed by atoms with Gasteiger partial charge in [0.15, 0.2) is 0 Å². The molecule has 3 aromatic rings. The van der Waals surface area contributed by atoms with E-state index >= 15 is 0 Å². The molecule has 5 N–H and O–H groups in total. The molecule has 4 rings (SSSR count). The SMILES string of the molecule is C.C.CNC=O.CNC=O.Cn1cnc2ccccc21.NC=O.c1ccc2c(c1)CCNC2. The fraction of sp³-hybridized carbons (Fsp3) is 0.333. The minimum atomic E-state index is 0. The van der Waals surface area contributed by atoms with Gasteiger partial charge in [0.05, 0.1) is 17.4 Å². The molecular formula is C24H40N6O3. The normalized spacial score (nSPS) is 9.79. The Morgan fingerprint density at radius 3 is 1.91 bits per heavy atom. The number of amides is 3. The number of nitrogens with one attached hydrogen (secondary N) is 3. The Hall–Kier alpha value is -3.72. The molecule has 2 aromatic carbocycles. The first-order chi connectivity index (χ1) is 15.1. The van der Waals surface area contributed by atoms with E-state index in [0.717, 1.165) is 18.6 Å². The third-order valence-electron chi connectivity index (χ3n) is 3.87. The van der Waals surface area contributed by atoms with Gasteiger partial charge in [-0.1, -0.05) is 51.3 Å². The van der Waals surface area contributed by atoms with Crippen LogP contribution >= 0.6 is 0 Å². The van der Waals surface area contributed by atoms with E-state index in [4.69, 9.17) is 14.4 Å². The first kappa shape index (κ1) is 33.9. The number of benzene rings is 2. The summed E-state index contributed by atoms with van der Waals surface area (Å²) in [5, 5.41) is 7.84. The lowest BCUT2D eigenvalue weighted by atomic mass is 10.0. The molecule has 9 heteroatoms. The summed E-state index contributed by atoms with van der Waals surface area (Å²) in [7, 11) is 5.12. The number of nitrogens with zero attached hydrogens (tertiary/aromatic N) is 2. The van der Waals surface area contributed by atoms with Crippen LogP contribution in [0.25, 0.3) is 11.0 Å². The molecule has 0 saturated heterocycles. The quantitative estimate of drug-likeness (QED) is 0.435. The van der Waals surface area contributed by atoms with Gasteiger partial charge in [0.25, 0.3) is 0 Å². The number of aryl methyl sites for hydroxylation is 1. The van der Waals surface area contributed by atoms with Crippen LogP contribution in [0.5, 0.6) is 0 Å². The lowest BCUT2D eigenvalue weighted by Crippen LogP contribution is -2.23. The van der Waals surface area contributed by atoms with E-state index in [9.17, 15) is 0 Å². The lowest BCUT2D eigenvalue weighted by molar-refractivity contribution is -0.109. The fourth-order valence-corrected chi connectivity index (χ4v) is 2.50. The van der Waals surface area contributed by atoms with Gasteiger partial charge in [-0.05, 0) is 36.2 Å².